The van der Waals surface area contributed by atoms with E-state index >= 15 is 0 Å². The fourth-order valence-corrected chi connectivity index (χ4v) is 7.35. The van der Waals surface area contributed by atoms with Crippen LogP contribution in [-0.4, -0.2) is 76.4 Å². The molecule has 1 saturated heterocycles. The predicted octanol–water partition coefficient (Wildman–Crippen LogP) is 6.36. The highest BCUT2D eigenvalue weighted by atomic mass is 32.1. The average Bonchev–Trinajstić information content (AvgIpc) is 3.51. The molecule has 1 fully saturated rings. The maximum Gasteiger partial charge on any atom is 0.410 e. The molecule has 0 aromatic carbocycles. The first-order valence-corrected chi connectivity index (χ1v) is 16.8. The number of Topliss-reactive ketones (excluding diaryl/α,β-unsaturated/α-hetero) is 1. The lowest BCUT2D eigenvalue weighted by atomic mass is 9.80. The number of ketones is 1. The van der Waals surface area contributed by atoms with Crippen molar-refractivity contribution in [3.63, 3.8) is 0 Å². The van der Waals surface area contributed by atoms with Crippen molar-refractivity contribution in [2.45, 2.75) is 104 Å². The van der Waals surface area contributed by atoms with E-state index in [2.05, 4.69) is 28.0 Å². The Morgan fingerprint density at radius 3 is 2.70 bits per heavy atom. The molecule has 1 aliphatic carbocycles. The molecule has 2 aliphatic rings. The number of ether oxygens (including phenoxy) is 2. The lowest BCUT2D eigenvalue weighted by Gasteiger charge is -2.31. The van der Waals surface area contributed by atoms with Crippen molar-refractivity contribution in [1.82, 2.24) is 19.8 Å². The molecule has 0 radical (unpaired) electrons. The summed E-state index contributed by atoms with van der Waals surface area (Å²) in [5.41, 5.74) is 8.83. The second-order valence-corrected chi connectivity index (χ2v) is 14.5. The first-order valence-electron chi connectivity index (χ1n) is 16.0. The molecule has 1 amide bonds. The van der Waals surface area contributed by atoms with Gasteiger partial charge in [-0.2, -0.15) is 10.2 Å². The van der Waals surface area contributed by atoms with Gasteiger partial charge in [0.05, 0.1) is 17.9 Å². The first kappa shape index (κ1) is 34.9. The highest BCUT2D eigenvalue weighted by Crippen LogP contribution is 2.47. The van der Waals surface area contributed by atoms with E-state index in [1.54, 1.807) is 17.3 Å². The third-order valence-electron chi connectivity index (χ3n) is 8.44. The molecule has 2 aromatic rings. The molecule has 12 heteroatoms. The summed E-state index contributed by atoms with van der Waals surface area (Å²) in [7, 11) is 3.76. The largest absolute Gasteiger partial charge is 0.461 e. The Kier molecular flexibility index (Phi) is 11.1. The summed E-state index contributed by atoms with van der Waals surface area (Å²) < 4.78 is 11.7. The standard InChI is InChI=1S/C34H47N7O4S/c1-9-11-24(29(36)23-12-10-13-27-28(23)25(17-35)31(46-27)38-19-40(7)8)30(42)26-14-15-37-32(39-26)44-18-22-16-20(2)21(3)41(22)33(43)45-34(4,5)6/h14-15,19-23H,9-13,16,18,36H2,1-8H3/b29-24-,38-19+/t20-,21?,22-,23-/m0/s1. The lowest BCUT2D eigenvalue weighted by Crippen LogP contribution is -2.45. The number of carbonyl (C=O) groups is 2. The second kappa shape index (κ2) is 14.6. The molecule has 11 nitrogen and oxygen atoms in total. The van der Waals surface area contributed by atoms with Gasteiger partial charge in [0.1, 0.15) is 29.0 Å². The van der Waals surface area contributed by atoms with E-state index in [-0.39, 0.29) is 54.1 Å². The third-order valence-corrected chi connectivity index (χ3v) is 9.61. The van der Waals surface area contributed by atoms with Crippen LogP contribution in [0.3, 0.4) is 0 Å². The number of aliphatic imine (C=N–C) groups is 1. The van der Waals surface area contributed by atoms with E-state index in [9.17, 15) is 14.9 Å². The molecule has 3 heterocycles. The van der Waals surface area contributed by atoms with E-state index < -0.39 is 5.60 Å². The van der Waals surface area contributed by atoms with E-state index in [4.69, 9.17) is 15.2 Å². The zero-order chi connectivity index (χ0) is 33.8. The zero-order valence-electron chi connectivity index (χ0n) is 28.3. The Balaban J connectivity index is 1.59. The second-order valence-electron chi connectivity index (χ2n) is 13.4. The number of thiophene rings is 1. The van der Waals surface area contributed by atoms with Crippen LogP contribution in [0.5, 0.6) is 6.01 Å². The summed E-state index contributed by atoms with van der Waals surface area (Å²) in [6, 6.07) is 3.75. The summed E-state index contributed by atoms with van der Waals surface area (Å²) in [5, 5.41) is 10.8. The van der Waals surface area contributed by atoms with Crippen molar-refractivity contribution in [2.24, 2.45) is 16.6 Å². The van der Waals surface area contributed by atoms with Gasteiger partial charge in [0.15, 0.2) is 0 Å². The van der Waals surface area contributed by atoms with Gasteiger partial charge < -0.3 is 20.1 Å². The minimum Gasteiger partial charge on any atom is -0.461 e. The van der Waals surface area contributed by atoms with Gasteiger partial charge in [-0.25, -0.2) is 14.8 Å². The molecule has 2 N–H and O–H groups in total. The molecule has 0 bridgehead atoms. The van der Waals surface area contributed by atoms with Gasteiger partial charge in [-0.1, -0.05) is 20.3 Å². The average molecular weight is 650 g/mol. The van der Waals surface area contributed by atoms with Crippen LogP contribution in [0, 0.1) is 17.2 Å². The Hall–Kier alpha value is -3.98. The minimum atomic E-state index is -0.613. The number of likely N-dealkylation sites (tertiary alicyclic amines) is 1. The molecule has 0 spiro atoms. The number of nitrogens with zero attached hydrogens (tertiary/aromatic N) is 6. The smallest absolute Gasteiger partial charge is 0.410 e. The maximum absolute atomic E-state index is 14.0. The van der Waals surface area contributed by atoms with Gasteiger partial charge >= 0.3 is 12.1 Å². The monoisotopic (exact) mass is 649 g/mol. The first-order chi connectivity index (χ1) is 21.7. The third kappa shape index (κ3) is 7.86. The molecule has 248 valence electrons. The van der Waals surface area contributed by atoms with Crippen molar-refractivity contribution >= 4 is 34.6 Å². The van der Waals surface area contributed by atoms with E-state index in [1.807, 2.05) is 53.6 Å². The van der Waals surface area contributed by atoms with Crippen molar-refractivity contribution in [1.29, 1.82) is 5.26 Å². The topological polar surface area (TPSA) is 147 Å². The number of nitriles is 1. The Labute approximate surface area is 276 Å². The number of nitrogens with two attached hydrogens (primary N) is 1. The molecule has 1 aliphatic heterocycles. The van der Waals surface area contributed by atoms with Gasteiger partial charge in [-0.3, -0.25) is 9.69 Å². The maximum atomic E-state index is 14.0. The van der Waals surface area contributed by atoms with Crippen molar-refractivity contribution in [2.75, 3.05) is 20.7 Å². The normalized spacial score (nSPS) is 21.8. The minimum absolute atomic E-state index is 0.0112. The van der Waals surface area contributed by atoms with Gasteiger partial charge in [0.25, 0.3) is 0 Å². The summed E-state index contributed by atoms with van der Waals surface area (Å²) in [6.45, 7) is 11.8. The number of aryl methyl sites for hydroxylation is 1. The number of hydrogen-bond donors (Lipinski definition) is 1. The van der Waals surface area contributed by atoms with Crippen LogP contribution in [0.15, 0.2) is 28.5 Å². The fraction of sp³-hybridized carbons (Fsp3) is 0.588. The Morgan fingerprint density at radius 1 is 1.30 bits per heavy atom. The SMILES string of the molecule is CCC/C(C(=O)c1ccnc(OC[C@@H]2C[C@H](C)C(C)N2C(=O)OC(C)(C)C)n1)=C(/N)[C@H]1CCCc2sc(/N=C/N(C)C)c(C#N)c21. The molecule has 2 aromatic heterocycles. The Morgan fingerprint density at radius 2 is 2.04 bits per heavy atom. The van der Waals surface area contributed by atoms with Gasteiger partial charge in [-0.15, -0.1) is 11.3 Å². The molecule has 0 saturated carbocycles. The molecule has 46 heavy (non-hydrogen) atoms. The number of allylic oxidation sites excluding steroid dienone is 2. The van der Waals surface area contributed by atoms with Crippen LogP contribution in [0.4, 0.5) is 9.80 Å². The number of aromatic nitrogens is 2. The predicted molar refractivity (Wildman–Crippen MR) is 180 cm³/mol. The van der Waals surface area contributed by atoms with Crippen LogP contribution in [0.1, 0.15) is 106 Å². The summed E-state index contributed by atoms with van der Waals surface area (Å²) in [5.74, 6) is -0.274. The van der Waals surface area contributed by atoms with Crippen LogP contribution < -0.4 is 10.5 Å². The van der Waals surface area contributed by atoms with Gasteiger partial charge in [0.2, 0.25) is 5.78 Å². The number of rotatable bonds is 10. The van der Waals surface area contributed by atoms with Crippen molar-refractivity contribution < 1.29 is 19.1 Å². The molecule has 4 atom stereocenters. The van der Waals surface area contributed by atoms with E-state index in [0.717, 1.165) is 36.1 Å². The number of hydrogen-bond acceptors (Lipinski definition) is 10. The van der Waals surface area contributed by atoms with Crippen LogP contribution in [0.25, 0.3) is 0 Å². The van der Waals surface area contributed by atoms with Crippen molar-refractivity contribution in [3.05, 3.63) is 45.2 Å². The molecule has 1 unspecified atom stereocenters. The van der Waals surface area contributed by atoms with E-state index in [1.165, 1.54) is 17.5 Å². The fourth-order valence-electron chi connectivity index (χ4n) is 6.16. The van der Waals surface area contributed by atoms with Crippen LogP contribution >= 0.6 is 11.3 Å². The highest BCUT2D eigenvalue weighted by Gasteiger charge is 2.41. The highest BCUT2D eigenvalue weighted by molar-refractivity contribution is 7.16. The Bertz CT molecular complexity index is 1530. The molecule has 4 rings (SSSR count). The summed E-state index contributed by atoms with van der Waals surface area (Å²) in [4.78, 5) is 45.0. The molecular weight excluding hydrogens is 602 g/mol. The quantitative estimate of drug-likeness (QED) is 0.134. The summed E-state index contributed by atoms with van der Waals surface area (Å²) >= 11 is 1.52. The van der Waals surface area contributed by atoms with Gasteiger partial charge in [-0.05, 0) is 77.3 Å². The summed E-state index contributed by atoms with van der Waals surface area (Å²) in [6.07, 6.45) is 7.24. The number of fused-ring (bicyclic) bond motifs is 1. The van der Waals surface area contributed by atoms with Crippen LogP contribution in [0.2, 0.25) is 0 Å². The van der Waals surface area contributed by atoms with Crippen LogP contribution in [-0.2, 0) is 11.2 Å². The van der Waals surface area contributed by atoms with Gasteiger partial charge in [0, 0.05) is 48.4 Å². The lowest BCUT2D eigenvalue weighted by molar-refractivity contribution is 0.0103. The number of carbonyl (C=O) groups excluding carboxylic acids is 2. The van der Waals surface area contributed by atoms with E-state index in [0.29, 0.717) is 34.7 Å². The zero-order valence-corrected chi connectivity index (χ0v) is 29.1. The van der Waals surface area contributed by atoms with Crippen molar-refractivity contribution in [3.8, 4) is 12.1 Å². The molecular formula is C34H47N7O4S. The number of amides is 1.